The van der Waals surface area contributed by atoms with Gasteiger partial charge < -0.3 is 20.5 Å². The fourth-order valence-corrected chi connectivity index (χ4v) is 4.66. The molecule has 2 amide bonds. The first-order valence-corrected chi connectivity index (χ1v) is 12.5. The Morgan fingerprint density at radius 3 is 2.20 bits per heavy atom. The predicted octanol–water partition coefficient (Wildman–Crippen LogP) is 5.09. The van der Waals surface area contributed by atoms with Crippen molar-refractivity contribution in [3.05, 3.63) is 59.7 Å². The second-order valence-electron chi connectivity index (χ2n) is 9.35. The number of aliphatic carboxylic acids is 1. The van der Waals surface area contributed by atoms with E-state index in [1.165, 1.54) is 22.3 Å². The van der Waals surface area contributed by atoms with E-state index >= 15 is 0 Å². The van der Waals surface area contributed by atoms with Gasteiger partial charge in [-0.25, -0.2) is 4.79 Å². The van der Waals surface area contributed by atoms with Crippen LogP contribution in [0.25, 0.3) is 11.1 Å². The number of carboxylic acids is 1. The number of amides is 2. The maximum Gasteiger partial charge on any atom is 0.407 e. The maximum atomic E-state index is 12.3. The van der Waals surface area contributed by atoms with Crippen LogP contribution in [0.3, 0.4) is 0 Å². The van der Waals surface area contributed by atoms with Crippen LogP contribution in [-0.4, -0.2) is 42.3 Å². The lowest BCUT2D eigenvalue weighted by molar-refractivity contribution is -0.137. The second kappa shape index (κ2) is 12.9. The van der Waals surface area contributed by atoms with E-state index in [1.54, 1.807) is 0 Å². The monoisotopic (exact) mass is 480 g/mol. The molecule has 0 aliphatic heterocycles. The van der Waals surface area contributed by atoms with Crippen molar-refractivity contribution < 1.29 is 24.2 Å². The third-order valence-electron chi connectivity index (χ3n) is 6.48. The van der Waals surface area contributed by atoms with E-state index < -0.39 is 12.1 Å². The lowest BCUT2D eigenvalue weighted by Gasteiger charge is -2.18. The molecule has 0 fully saturated rings. The average Bonchev–Trinajstić information content (AvgIpc) is 3.14. The molecule has 7 heteroatoms. The molecule has 0 heterocycles. The van der Waals surface area contributed by atoms with Crippen molar-refractivity contribution in [3.8, 4) is 11.1 Å². The largest absolute Gasteiger partial charge is 0.481 e. The van der Waals surface area contributed by atoms with Gasteiger partial charge in [0.05, 0.1) is 6.42 Å². The molecule has 2 atom stereocenters. The Morgan fingerprint density at radius 1 is 0.971 bits per heavy atom. The summed E-state index contributed by atoms with van der Waals surface area (Å²) in [5.41, 5.74) is 4.71. The van der Waals surface area contributed by atoms with Gasteiger partial charge in [0.15, 0.2) is 0 Å². The summed E-state index contributed by atoms with van der Waals surface area (Å²) in [6.07, 6.45) is 2.85. The molecule has 3 N–H and O–H groups in total. The molecule has 1 unspecified atom stereocenters. The highest BCUT2D eigenvalue weighted by atomic mass is 16.5. The zero-order valence-electron chi connectivity index (χ0n) is 20.6. The molecule has 1 aliphatic carbocycles. The third kappa shape index (κ3) is 7.57. The number of unbranched alkanes of at least 4 members (excludes halogenated alkanes) is 1. The van der Waals surface area contributed by atoms with Gasteiger partial charge in [0.2, 0.25) is 5.91 Å². The molecular weight excluding hydrogens is 444 g/mol. The molecule has 3 rings (SSSR count). The van der Waals surface area contributed by atoms with Crippen molar-refractivity contribution in [1.82, 2.24) is 10.6 Å². The molecule has 0 saturated carbocycles. The summed E-state index contributed by atoms with van der Waals surface area (Å²) >= 11 is 0. The SMILES string of the molecule is CCCC[C@H](CC(=O)O)NC(=O)CC(C)CCNC(=O)OCC1c2ccccc2-c2ccccc21. The highest BCUT2D eigenvalue weighted by molar-refractivity contribution is 5.79. The summed E-state index contributed by atoms with van der Waals surface area (Å²) in [6, 6.07) is 16.1. The van der Waals surface area contributed by atoms with Crippen LogP contribution in [0, 0.1) is 5.92 Å². The topological polar surface area (TPSA) is 105 Å². The standard InChI is InChI=1S/C28H36N2O5/c1-3-4-9-20(17-27(32)33)30-26(31)16-19(2)14-15-29-28(34)35-18-25-23-12-7-5-10-21(23)22-11-6-8-13-24(22)25/h5-8,10-13,19-20,25H,3-4,9,14-18H2,1-2H3,(H,29,34)(H,30,31)(H,32,33)/t19?,20-/m1/s1. The molecule has 0 spiro atoms. The first-order valence-electron chi connectivity index (χ1n) is 12.5. The highest BCUT2D eigenvalue weighted by Crippen LogP contribution is 2.44. The summed E-state index contributed by atoms with van der Waals surface area (Å²) in [6.45, 7) is 4.64. The van der Waals surface area contributed by atoms with Crippen molar-refractivity contribution in [1.29, 1.82) is 0 Å². The molecule has 0 aromatic heterocycles. The predicted molar refractivity (Wildman–Crippen MR) is 135 cm³/mol. The Kier molecular flexibility index (Phi) is 9.70. The van der Waals surface area contributed by atoms with E-state index in [9.17, 15) is 14.4 Å². The Balaban J connectivity index is 1.40. The minimum absolute atomic E-state index is 0.0159. The number of rotatable bonds is 13. The molecule has 0 saturated heterocycles. The lowest BCUT2D eigenvalue weighted by Crippen LogP contribution is -2.37. The van der Waals surface area contributed by atoms with Gasteiger partial charge in [0.1, 0.15) is 6.61 Å². The van der Waals surface area contributed by atoms with Crippen LogP contribution in [0.1, 0.15) is 69.4 Å². The van der Waals surface area contributed by atoms with Gasteiger partial charge in [-0.3, -0.25) is 9.59 Å². The average molecular weight is 481 g/mol. The van der Waals surface area contributed by atoms with E-state index in [-0.39, 0.29) is 43.2 Å². The Bertz CT molecular complexity index is 976. The van der Waals surface area contributed by atoms with Crippen LogP contribution < -0.4 is 10.6 Å². The Hall–Kier alpha value is -3.35. The lowest BCUT2D eigenvalue weighted by atomic mass is 9.98. The van der Waals surface area contributed by atoms with E-state index in [2.05, 4.69) is 34.9 Å². The van der Waals surface area contributed by atoms with Crippen LogP contribution in [0.4, 0.5) is 4.79 Å². The summed E-state index contributed by atoms with van der Waals surface area (Å²) in [5.74, 6) is -1.00. The van der Waals surface area contributed by atoms with Crippen LogP contribution >= 0.6 is 0 Å². The molecule has 2 aromatic rings. The molecule has 7 nitrogen and oxygen atoms in total. The number of fused-ring (bicyclic) bond motifs is 3. The van der Waals surface area contributed by atoms with E-state index in [0.29, 0.717) is 19.4 Å². The summed E-state index contributed by atoms with van der Waals surface area (Å²) in [7, 11) is 0. The number of carboxylic acid groups (broad SMARTS) is 1. The van der Waals surface area contributed by atoms with Gasteiger partial charge >= 0.3 is 12.1 Å². The van der Waals surface area contributed by atoms with E-state index in [4.69, 9.17) is 9.84 Å². The Labute approximate surface area is 207 Å². The van der Waals surface area contributed by atoms with Crippen LogP contribution in [0.2, 0.25) is 0 Å². The van der Waals surface area contributed by atoms with Crippen molar-refractivity contribution >= 4 is 18.0 Å². The van der Waals surface area contributed by atoms with Crippen LogP contribution in [-0.2, 0) is 14.3 Å². The number of nitrogens with one attached hydrogen (secondary N) is 2. The van der Waals surface area contributed by atoms with Gasteiger partial charge in [-0.1, -0.05) is 75.2 Å². The number of ether oxygens (including phenoxy) is 1. The summed E-state index contributed by atoms with van der Waals surface area (Å²) in [4.78, 5) is 35.7. The van der Waals surface area contributed by atoms with Gasteiger partial charge in [-0.2, -0.15) is 0 Å². The molecule has 188 valence electrons. The summed E-state index contributed by atoms with van der Waals surface area (Å²) in [5, 5.41) is 14.7. The fourth-order valence-electron chi connectivity index (χ4n) is 4.66. The normalized spacial score (nSPS) is 13.9. The Morgan fingerprint density at radius 2 is 1.60 bits per heavy atom. The first kappa shape index (κ1) is 26.3. The van der Waals surface area contributed by atoms with Crippen molar-refractivity contribution in [2.75, 3.05) is 13.2 Å². The van der Waals surface area contributed by atoms with Crippen molar-refractivity contribution in [2.24, 2.45) is 5.92 Å². The van der Waals surface area contributed by atoms with Gasteiger partial charge in [0.25, 0.3) is 0 Å². The number of alkyl carbamates (subject to hydrolysis) is 1. The van der Waals surface area contributed by atoms with Crippen LogP contribution in [0.5, 0.6) is 0 Å². The zero-order chi connectivity index (χ0) is 25.2. The zero-order valence-corrected chi connectivity index (χ0v) is 20.6. The van der Waals surface area contributed by atoms with Gasteiger partial charge in [-0.15, -0.1) is 0 Å². The number of carbonyl (C=O) groups is 3. The number of carbonyl (C=O) groups excluding carboxylic acids is 2. The third-order valence-corrected chi connectivity index (χ3v) is 6.48. The first-order chi connectivity index (χ1) is 16.9. The fraction of sp³-hybridized carbons (Fsp3) is 0.464. The van der Waals surface area contributed by atoms with Crippen molar-refractivity contribution in [2.45, 2.75) is 64.3 Å². The minimum atomic E-state index is -0.910. The summed E-state index contributed by atoms with van der Waals surface area (Å²) < 4.78 is 5.54. The maximum absolute atomic E-state index is 12.3. The molecule has 0 radical (unpaired) electrons. The number of benzene rings is 2. The molecule has 35 heavy (non-hydrogen) atoms. The molecule has 2 aromatic carbocycles. The van der Waals surface area contributed by atoms with E-state index in [0.717, 1.165) is 12.8 Å². The molecule has 0 bridgehead atoms. The van der Waals surface area contributed by atoms with Crippen molar-refractivity contribution in [3.63, 3.8) is 0 Å². The number of hydrogen-bond acceptors (Lipinski definition) is 4. The minimum Gasteiger partial charge on any atom is -0.481 e. The van der Waals surface area contributed by atoms with E-state index in [1.807, 2.05) is 38.1 Å². The van der Waals surface area contributed by atoms with Gasteiger partial charge in [-0.05, 0) is 41.0 Å². The molecule has 1 aliphatic rings. The van der Waals surface area contributed by atoms with Crippen LogP contribution in [0.15, 0.2) is 48.5 Å². The second-order valence-corrected chi connectivity index (χ2v) is 9.35. The quantitative estimate of drug-likeness (QED) is 0.370. The molecular formula is C28H36N2O5. The number of hydrogen-bond donors (Lipinski definition) is 3. The van der Waals surface area contributed by atoms with Gasteiger partial charge in [0, 0.05) is 24.9 Å². The smallest absolute Gasteiger partial charge is 0.407 e. The highest BCUT2D eigenvalue weighted by Gasteiger charge is 2.29.